The van der Waals surface area contributed by atoms with Crippen LogP contribution in [0.4, 0.5) is 4.39 Å². The molecule has 0 radical (unpaired) electrons. The first-order valence-electron chi connectivity index (χ1n) is 9.67. The van der Waals surface area contributed by atoms with Crippen molar-refractivity contribution >= 4 is 34.9 Å². The Morgan fingerprint density at radius 3 is 2.61 bits per heavy atom. The van der Waals surface area contributed by atoms with Gasteiger partial charge < -0.3 is 4.74 Å². The van der Waals surface area contributed by atoms with Crippen LogP contribution >= 0.6 is 23.1 Å². The highest BCUT2D eigenvalue weighted by molar-refractivity contribution is 7.99. The Labute approximate surface area is 196 Å². The molecule has 0 fully saturated rings. The van der Waals surface area contributed by atoms with Crippen LogP contribution in [0.5, 0.6) is 5.75 Å². The summed E-state index contributed by atoms with van der Waals surface area (Å²) >= 11 is 2.65. The number of benzene rings is 2. The lowest BCUT2D eigenvalue weighted by Gasteiger charge is -2.13. The number of amides is 2. The number of hydrogen-bond donors (Lipinski definition) is 2. The van der Waals surface area contributed by atoms with Crippen molar-refractivity contribution in [1.82, 2.24) is 25.6 Å². The summed E-state index contributed by atoms with van der Waals surface area (Å²) in [6.07, 6.45) is 0. The fourth-order valence-electron chi connectivity index (χ4n) is 2.97. The van der Waals surface area contributed by atoms with Crippen molar-refractivity contribution in [2.75, 3.05) is 12.9 Å². The van der Waals surface area contributed by atoms with Crippen molar-refractivity contribution in [1.29, 1.82) is 0 Å². The number of thioether (sulfide) groups is 1. The van der Waals surface area contributed by atoms with Crippen molar-refractivity contribution in [2.45, 2.75) is 5.16 Å². The summed E-state index contributed by atoms with van der Waals surface area (Å²) in [6.45, 7) is 0. The van der Waals surface area contributed by atoms with Gasteiger partial charge in [-0.1, -0.05) is 42.1 Å². The zero-order valence-electron chi connectivity index (χ0n) is 17.3. The van der Waals surface area contributed by atoms with Gasteiger partial charge in [-0.25, -0.2) is 4.39 Å². The fourth-order valence-corrected chi connectivity index (χ4v) is 4.41. The molecule has 33 heavy (non-hydrogen) atoms. The van der Waals surface area contributed by atoms with E-state index >= 15 is 0 Å². The maximum Gasteiger partial charge on any atom is 0.272 e. The average molecular weight is 484 g/mol. The molecule has 0 atom stereocenters. The lowest BCUT2D eigenvalue weighted by Crippen LogP contribution is -2.42. The van der Waals surface area contributed by atoms with Crippen LogP contribution in [0.15, 0.2) is 71.2 Å². The van der Waals surface area contributed by atoms with Crippen molar-refractivity contribution < 1.29 is 18.7 Å². The summed E-state index contributed by atoms with van der Waals surface area (Å²) in [5.41, 5.74) is 5.06. The summed E-state index contributed by atoms with van der Waals surface area (Å²) in [7, 11) is 1.58. The topological polar surface area (TPSA) is 98.1 Å². The quantitative estimate of drug-likeness (QED) is 0.307. The molecule has 0 aliphatic heterocycles. The van der Waals surface area contributed by atoms with Gasteiger partial charge in [0, 0.05) is 0 Å². The molecule has 0 saturated heterocycles. The van der Waals surface area contributed by atoms with Crippen LogP contribution in [-0.2, 0) is 4.79 Å². The Morgan fingerprint density at radius 2 is 1.85 bits per heavy atom. The maximum absolute atomic E-state index is 13.7. The third kappa shape index (κ3) is 5.04. The Bertz CT molecular complexity index is 1280. The van der Waals surface area contributed by atoms with E-state index in [0.717, 1.165) is 22.3 Å². The number of carbonyl (C=O) groups is 2. The molecule has 4 aromatic rings. The Hall–Kier alpha value is -3.70. The molecule has 2 amide bonds. The van der Waals surface area contributed by atoms with Gasteiger partial charge in [-0.15, -0.1) is 21.5 Å². The summed E-state index contributed by atoms with van der Waals surface area (Å²) in [5.74, 6) is -0.732. The van der Waals surface area contributed by atoms with E-state index in [1.54, 1.807) is 7.11 Å². The molecule has 11 heteroatoms. The van der Waals surface area contributed by atoms with Crippen LogP contribution in [0.1, 0.15) is 10.4 Å². The highest BCUT2D eigenvalue weighted by Crippen LogP contribution is 2.33. The second-order valence-corrected chi connectivity index (χ2v) is 8.45. The molecule has 0 aliphatic rings. The molecule has 8 nitrogen and oxygen atoms in total. The minimum Gasteiger partial charge on any atom is -0.495 e. The maximum atomic E-state index is 13.7. The third-order valence-corrected chi connectivity index (χ3v) is 6.26. The number of carbonyl (C=O) groups excluding carboxylic acids is 2. The molecule has 2 N–H and O–H groups in total. The van der Waals surface area contributed by atoms with Gasteiger partial charge in [0.25, 0.3) is 5.91 Å². The van der Waals surface area contributed by atoms with Crippen molar-refractivity contribution in [3.63, 3.8) is 0 Å². The first-order valence-corrected chi connectivity index (χ1v) is 11.5. The number of nitrogens with one attached hydrogen (secondary N) is 2. The Kier molecular flexibility index (Phi) is 7.01. The van der Waals surface area contributed by atoms with E-state index in [1.165, 1.54) is 35.6 Å². The number of aromatic nitrogens is 3. The van der Waals surface area contributed by atoms with Crippen LogP contribution in [0.25, 0.3) is 16.4 Å². The van der Waals surface area contributed by atoms with Gasteiger partial charge in [-0.05, 0) is 35.7 Å². The molecular formula is C22H18FN5O3S2. The number of halogens is 1. The molecule has 0 bridgehead atoms. The molecular weight excluding hydrogens is 465 g/mol. The van der Waals surface area contributed by atoms with Crippen molar-refractivity contribution in [3.8, 4) is 22.1 Å². The monoisotopic (exact) mass is 483 g/mol. The van der Waals surface area contributed by atoms with Gasteiger partial charge in [-0.3, -0.25) is 25.0 Å². The second kappa shape index (κ2) is 10.3. The van der Waals surface area contributed by atoms with Gasteiger partial charge in [-0.2, -0.15) is 0 Å². The molecule has 2 aromatic heterocycles. The van der Waals surface area contributed by atoms with E-state index in [9.17, 15) is 14.0 Å². The number of ether oxygens (including phenoxy) is 1. The molecule has 0 saturated carbocycles. The summed E-state index contributed by atoms with van der Waals surface area (Å²) < 4.78 is 21.0. The molecule has 0 aliphatic carbocycles. The van der Waals surface area contributed by atoms with E-state index in [-0.39, 0.29) is 11.3 Å². The number of hydrogen-bond acceptors (Lipinski definition) is 7. The highest BCUT2D eigenvalue weighted by Gasteiger charge is 2.20. The third-order valence-electron chi connectivity index (χ3n) is 4.47. The summed E-state index contributed by atoms with van der Waals surface area (Å²) in [5, 5.41) is 11.0. The largest absolute Gasteiger partial charge is 0.495 e. The average Bonchev–Trinajstić information content (AvgIpc) is 3.51. The first-order chi connectivity index (χ1) is 16.1. The van der Waals surface area contributed by atoms with Crippen LogP contribution in [0.2, 0.25) is 0 Å². The normalized spacial score (nSPS) is 10.6. The smallest absolute Gasteiger partial charge is 0.272 e. The molecule has 168 valence electrons. The standard InChI is InChI=1S/C22H18FN5O3S2/c1-31-17-10-5-4-9-16(17)28-20(18-11-6-12-32-18)25-27-22(28)33-13-19(29)24-26-21(30)14-7-2-3-8-15(14)23/h2-12H,13H2,1H3,(H,24,29)(H,26,30). The van der Waals surface area contributed by atoms with Crippen LogP contribution in [-0.4, -0.2) is 39.4 Å². The van der Waals surface area contributed by atoms with Crippen molar-refractivity contribution in [3.05, 3.63) is 77.4 Å². The summed E-state index contributed by atoms with van der Waals surface area (Å²) in [6, 6.07) is 16.8. The molecule has 2 heterocycles. The Balaban J connectivity index is 1.50. The lowest BCUT2D eigenvalue weighted by atomic mass is 10.2. The van der Waals surface area contributed by atoms with Gasteiger partial charge in [0.05, 0.1) is 29.0 Å². The van der Waals surface area contributed by atoms with E-state index in [2.05, 4.69) is 21.0 Å². The predicted octanol–water partition coefficient (Wildman–Crippen LogP) is 3.70. The number of para-hydroxylation sites is 2. The number of methoxy groups -OCH3 is 1. The van der Waals surface area contributed by atoms with E-state index in [4.69, 9.17) is 4.74 Å². The minimum absolute atomic E-state index is 0.0602. The van der Waals surface area contributed by atoms with Crippen LogP contribution in [0.3, 0.4) is 0 Å². The number of thiophene rings is 1. The number of rotatable bonds is 7. The van der Waals surface area contributed by atoms with Crippen molar-refractivity contribution in [2.24, 2.45) is 0 Å². The first kappa shape index (κ1) is 22.5. The Morgan fingerprint density at radius 1 is 1.06 bits per heavy atom. The minimum atomic E-state index is -0.747. The van der Waals surface area contributed by atoms with Gasteiger partial charge in [0.2, 0.25) is 5.91 Å². The zero-order valence-corrected chi connectivity index (χ0v) is 19.0. The van der Waals surface area contributed by atoms with Gasteiger partial charge in [0.1, 0.15) is 11.6 Å². The molecule has 0 unspecified atom stereocenters. The molecule has 2 aromatic carbocycles. The van der Waals surface area contributed by atoms with E-state index in [1.807, 2.05) is 46.3 Å². The second-order valence-electron chi connectivity index (χ2n) is 6.56. The van der Waals surface area contributed by atoms with Gasteiger partial charge >= 0.3 is 0 Å². The SMILES string of the molecule is COc1ccccc1-n1c(SCC(=O)NNC(=O)c2ccccc2F)nnc1-c1cccs1. The van der Waals surface area contributed by atoms with Crippen LogP contribution < -0.4 is 15.6 Å². The number of hydrazine groups is 1. The zero-order chi connectivity index (χ0) is 23.2. The van der Waals surface area contributed by atoms with E-state index < -0.39 is 17.6 Å². The van der Waals surface area contributed by atoms with Crippen LogP contribution in [0, 0.1) is 5.82 Å². The highest BCUT2D eigenvalue weighted by atomic mass is 32.2. The summed E-state index contributed by atoms with van der Waals surface area (Å²) in [4.78, 5) is 25.3. The molecule has 4 rings (SSSR count). The predicted molar refractivity (Wildman–Crippen MR) is 124 cm³/mol. The number of nitrogens with zero attached hydrogens (tertiary/aromatic N) is 3. The van der Waals surface area contributed by atoms with E-state index in [0.29, 0.717) is 16.7 Å². The lowest BCUT2D eigenvalue weighted by molar-refractivity contribution is -0.119. The van der Waals surface area contributed by atoms with Gasteiger partial charge in [0.15, 0.2) is 11.0 Å². The fraction of sp³-hybridized carbons (Fsp3) is 0.0909. The molecule has 0 spiro atoms.